The lowest BCUT2D eigenvalue weighted by atomic mass is 10.1. The van der Waals surface area contributed by atoms with Gasteiger partial charge in [-0.2, -0.15) is 0 Å². The van der Waals surface area contributed by atoms with E-state index in [4.69, 9.17) is 5.73 Å². The zero-order valence-electron chi connectivity index (χ0n) is 7.38. The molecule has 0 aliphatic rings. The van der Waals surface area contributed by atoms with Crippen LogP contribution in [0.1, 0.15) is 17.6 Å². The van der Waals surface area contributed by atoms with Gasteiger partial charge in [-0.3, -0.25) is 0 Å². The Balaban J connectivity index is 0.000000791. The van der Waals surface area contributed by atoms with E-state index in [2.05, 4.69) is 12.8 Å². The summed E-state index contributed by atoms with van der Waals surface area (Å²) in [6.45, 7) is -0.0631. The molecule has 1 aromatic carbocycles. The Morgan fingerprint density at radius 2 is 1.86 bits per heavy atom. The fourth-order valence-electron chi connectivity index (χ4n) is 0.926. The first kappa shape index (κ1) is 12.5. The third-order valence-corrected chi connectivity index (χ3v) is 1.56. The Morgan fingerprint density at radius 1 is 1.29 bits per heavy atom. The molecule has 0 heterocycles. The van der Waals surface area contributed by atoms with E-state index in [1.54, 1.807) is 0 Å². The summed E-state index contributed by atoms with van der Waals surface area (Å²) in [5.74, 6) is -0.894. The predicted octanol–water partition coefficient (Wildman–Crippen LogP) is 2.47. The van der Waals surface area contributed by atoms with Crippen molar-refractivity contribution in [1.29, 1.82) is 0 Å². The van der Waals surface area contributed by atoms with Crippen molar-refractivity contribution in [3.63, 3.8) is 0 Å². The van der Waals surface area contributed by atoms with Crippen LogP contribution in [-0.4, -0.2) is 0 Å². The van der Waals surface area contributed by atoms with Crippen molar-refractivity contribution < 1.29 is 13.2 Å². The van der Waals surface area contributed by atoms with Gasteiger partial charge >= 0.3 is 0 Å². The van der Waals surface area contributed by atoms with Gasteiger partial charge in [0.2, 0.25) is 0 Å². The molecule has 0 unspecified atom stereocenters. The molecule has 2 N–H and O–H groups in total. The molecule has 0 saturated heterocycles. The van der Waals surface area contributed by atoms with Crippen molar-refractivity contribution >= 4 is 0 Å². The minimum Gasteiger partial charge on any atom is -0.326 e. The number of nitrogens with two attached hydrogens (primary N) is 1. The number of halogens is 3. The molecule has 0 amide bonds. The summed E-state index contributed by atoms with van der Waals surface area (Å²) in [6, 6.07) is 3.81. The third kappa shape index (κ3) is 2.79. The molecule has 0 aliphatic carbocycles. The van der Waals surface area contributed by atoms with Crippen LogP contribution in [0.4, 0.5) is 13.2 Å². The molecule has 1 rings (SSSR count). The molecular formula is C10H10F3N. The van der Waals surface area contributed by atoms with Crippen molar-refractivity contribution in [3.8, 4) is 12.8 Å². The van der Waals surface area contributed by atoms with Gasteiger partial charge in [0.15, 0.2) is 0 Å². The van der Waals surface area contributed by atoms with Crippen LogP contribution in [0, 0.1) is 18.7 Å². The van der Waals surface area contributed by atoms with E-state index in [-0.39, 0.29) is 12.1 Å². The second-order valence-electron chi connectivity index (χ2n) is 2.33. The van der Waals surface area contributed by atoms with Crippen LogP contribution >= 0.6 is 0 Å². The molecule has 0 saturated carbocycles. The van der Waals surface area contributed by atoms with Gasteiger partial charge in [-0.1, -0.05) is 18.2 Å². The van der Waals surface area contributed by atoms with E-state index in [1.807, 2.05) is 0 Å². The smallest absolute Gasteiger partial charge is 0.266 e. The van der Waals surface area contributed by atoms with E-state index in [9.17, 15) is 13.2 Å². The van der Waals surface area contributed by atoms with E-state index < -0.39 is 17.8 Å². The molecule has 0 atom stereocenters. The van der Waals surface area contributed by atoms with Gasteiger partial charge in [0.25, 0.3) is 6.43 Å². The molecule has 0 spiro atoms. The second-order valence-corrected chi connectivity index (χ2v) is 2.33. The number of alkyl halides is 2. The van der Waals surface area contributed by atoms with Crippen LogP contribution in [0.3, 0.4) is 0 Å². The normalized spacial score (nSPS) is 9.36. The maximum Gasteiger partial charge on any atom is 0.266 e. The highest BCUT2D eigenvalue weighted by molar-refractivity contribution is 5.26. The van der Waals surface area contributed by atoms with Gasteiger partial charge < -0.3 is 5.73 Å². The number of hydrogen-bond acceptors (Lipinski definition) is 1. The first-order valence-corrected chi connectivity index (χ1v) is 3.75. The van der Waals surface area contributed by atoms with Crippen molar-refractivity contribution in [2.75, 3.05) is 0 Å². The molecule has 0 aliphatic heterocycles. The Labute approximate surface area is 80.7 Å². The molecule has 76 valence electrons. The van der Waals surface area contributed by atoms with Crippen LogP contribution in [0.2, 0.25) is 0 Å². The molecule has 14 heavy (non-hydrogen) atoms. The monoisotopic (exact) mass is 201 g/mol. The molecule has 1 nitrogen and oxygen atoms in total. The Kier molecular flexibility index (Phi) is 5.42. The zero-order valence-corrected chi connectivity index (χ0v) is 7.38. The summed E-state index contributed by atoms with van der Waals surface area (Å²) >= 11 is 0. The SMILES string of the molecule is C#C.NCc1cccc(C(F)F)c1F. The van der Waals surface area contributed by atoms with E-state index >= 15 is 0 Å². The lowest BCUT2D eigenvalue weighted by Gasteiger charge is -2.04. The number of benzene rings is 1. The first-order valence-electron chi connectivity index (χ1n) is 3.75. The van der Waals surface area contributed by atoms with E-state index in [0.29, 0.717) is 0 Å². The molecule has 0 fully saturated rings. The van der Waals surface area contributed by atoms with Crippen molar-refractivity contribution in [3.05, 3.63) is 35.1 Å². The molecule has 0 bridgehead atoms. The van der Waals surface area contributed by atoms with Gasteiger partial charge in [-0.15, -0.1) is 12.8 Å². The largest absolute Gasteiger partial charge is 0.326 e. The number of hydrogen-bond donors (Lipinski definition) is 1. The zero-order chi connectivity index (χ0) is 11.1. The highest BCUT2D eigenvalue weighted by Crippen LogP contribution is 2.23. The predicted molar refractivity (Wildman–Crippen MR) is 49.1 cm³/mol. The van der Waals surface area contributed by atoms with Gasteiger partial charge in [-0.05, 0) is 0 Å². The van der Waals surface area contributed by atoms with Crippen molar-refractivity contribution in [2.24, 2.45) is 5.73 Å². The molecular weight excluding hydrogens is 191 g/mol. The molecule has 0 aromatic heterocycles. The van der Waals surface area contributed by atoms with E-state index in [0.717, 1.165) is 6.07 Å². The number of rotatable bonds is 2. The fraction of sp³-hybridized carbons (Fsp3) is 0.200. The molecule has 4 heteroatoms. The number of terminal acetylenes is 1. The Hall–Kier alpha value is -1.47. The summed E-state index contributed by atoms with van der Waals surface area (Å²) in [5, 5.41) is 0. The molecule has 1 aromatic rings. The van der Waals surface area contributed by atoms with Crippen LogP contribution < -0.4 is 5.73 Å². The average molecular weight is 201 g/mol. The van der Waals surface area contributed by atoms with Gasteiger partial charge in [0, 0.05) is 12.1 Å². The highest BCUT2D eigenvalue weighted by atomic mass is 19.3. The van der Waals surface area contributed by atoms with Crippen molar-refractivity contribution in [2.45, 2.75) is 13.0 Å². The minimum atomic E-state index is -2.78. The van der Waals surface area contributed by atoms with Crippen LogP contribution in [0.5, 0.6) is 0 Å². The summed E-state index contributed by atoms with van der Waals surface area (Å²) in [6.07, 6.45) is 5.22. The quantitative estimate of drug-likeness (QED) is 0.731. The summed E-state index contributed by atoms with van der Waals surface area (Å²) in [7, 11) is 0. The van der Waals surface area contributed by atoms with Gasteiger partial charge in [0.05, 0.1) is 5.56 Å². The summed E-state index contributed by atoms with van der Waals surface area (Å²) in [5.41, 5.74) is 4.67. The van der Waals surface area contributed by atoms with Gasteiger partial charge in [-0.25, -0.2) is 13.2 Å². The fourth-order valence-corrected chi connectivity index (χ4v) is 0.926. The third-order valence-electron chi connectivity index (χ3n) is 1.56. The lowest BCUT2D eigenvalue weighted by molar-refractivity contribution is 0.146. The minimum absolute atomic E-state index is 0.0631. The summed E-state index contributed by atoms with van der Waals surface area (Å²) < 4.78 is 37.1. The maximum atomic E-state index is 13.0. The van der Waals surface area contributed by atoms with Crippen LogP contribution in [0.15, 0.2) is 18.2 Å². The topological polar surface area (TPSA) is 26.0 Å². The Bertz CT molecular complexity index is 307. The van der Waals surface area contributed by atoms with E-state index in [1.165, 1.54) is 12.1 Å². The maximum absolute atomic E-state index is 13.0. The summed E-state index contributed by atoms with van der Waals surface area (Å²) in [4.78, 5) is 0. The van der Waals surface area contributed by atoms with Crippen LogP contribution in [-0.2, 0) is 6.54 Å². The highest BCUT2D eigenvalue weighted by Gasteiger charge is 2.14. The van der Waals surface area contributed by atoms with Crippen molar-refractivity contribution in [1.82, 2.24) is 0 Å². The lowest BCUT2D eigenvalue weighted by Crippen LogP contribution is -2.02. The second kappa shape index (κ2) is 6.06. The van der Waals surface area contributed by atoms with Crippen LogP contribution in [0.25, 0.3) is 0 Å². The average Bonchev–Trinajstić information content (AvgIpc) is 2.21. The Morgan fingerprint density at radius 3 is 2.29 bits per heavy atom. The molecule has 0 radical (unpaired) electrons. The van der Waals surface area contributed by atoms with Gasteiger partial charge in [0.1, 0.15) is 5.82 Å². The standard InChI is InChI=1S/C8H8F3N.C2H2/c9-7-5(4-12)2-1-3-6(7)8(10)11;1-2/h1-3,8H,4,12H2;1-2H. The first-order chi connectivity index (χ1) is 6.66.